The number of hydrogen-bond donors (Lipinski definition) is 0. The van der Waals surface area contributed by atoms with Crippen LogP contribution in [0.5, 0.6) is 0 Å². The smallest absolute Gasteiger partial charge is 0.305 e. The van der Waals surface area contributed by atoms with Crippen LogP contribution in [0.25, 0.3) is 0 Å². The molecule has 0 fully saturated rings. The van der Waals surface area contributed by atoms with Crippen LogP contribution >= 0.6 is 0 Å². The van der Waals surface area contributed by atoms with Gasteiger partial charge >= 0.3 is 11.9 Å². The average Bonchev–Trinajstić information content (AvgIpc) is 3.36. The lowest BCUT2D eigenvalue weighted by molar-refractivity contribution is -0.155. The Balaban J connectivity index is 4.22. The minimum absolute atomic E-state index is 0.152. The molecule has 0 aromatic rings. The molecule has 5 heteroatoms. The lowest BCUT2D eigenvalue weighted by atomic mass is 10.0. The van der Waals surface area contributed by atoms with Gasteiger partial charge in [0.1, 0.15) is 19.3 Å². The maximum absolute atomic E-state index is 12.7. The number of carbonyl (C=O) groups excluding carboxylic acids is 2. The van der Waals surface area contributed by atoms with Crippen LogP contribution in [0, 0.1) is 0 Å². The van der Waals surface area contributed by atoms with E-state index >= 15 is 0 Å². The molecule has 0 heterocycles. The zero-order chi connectivity index (χ0) is 50.6. The average molecular weight is 984 g/mol. The van der Waals surface area contributed by atoms with Crippen LogP contribution < -0.4 is 0 Å². The zero-order valence-electron chi connectivity index (χ0n) is 47.6. The predicted molar refractivity (Wildman–Crippen MR) is 307 cm³/mol. The largest absolute Gasteiger partial charge is 0.463 e. The summed E-state index contributed by atoms with van der Waals surface area (Å²) in [4.78, 5) is 25.4. The summed E-state index contributed by atoms with van der Waals surface area (Å²) in [5, 5.41) is 0. The van der Waals surface area contributed by atoms with Crippen molar-refractivity contribution in [3.63, 3.8) is 0 Å². The van der Waals surface area contributed by atoms with Gasteiger partial charge < -0.3 is 14.2 Å². The first-order valence-corrected chi connectivity index (χ1v) is 31.5. The molecule has 0 aliphatic rings. The minimum Gasteiger partial charge on any atom is -0.463 e. The minimum atomic E-state index is -0.405. The Bertz CT molecular complexity index is 1110. The summed E-state index contributed by atoms with van der Waals surface area (Å²) < 4.78 is 17.6. The molecule has 0 radical (unpaired) electrons. The number of carbonyl (C=O) groups is 2. The highest BCUT2D eigenvalue weighted by Gasteiger charge is 2.16. The number of unbranched alkanes of at least 4 members (excludes halogenated alkanes) is 42. The third-order valence-corrected chi connectivity index (χ3v) is 14.2. The second kappa shape index (κ2) is 61.4. The van der Waals surface area contributed by atoms with E-state index in [9.17, 15) is 9.59 Å². The summed E-state index contributed by atoms with van der Waals surface area (Å²) >= 11 is 0. The fraction of sp³-hybridized carbons (Fsp3) is 0.877. The molecule has 0 aromatic heterocycles. The number of rotatable bonds is 59. The van der Waals surface area contributed by atoms with Gasteiger partial charge in [-0.05, 0) is 57.8 Å². The van der Waals surface area contributed by atoms with E-state index in [-0.39, 0.29) is 25.2 Å². The fourth-order valence-corrected chi connectivity index (χ4v) is 9.44. The molecule has 0 aliphatic carbocycles. The number of hydrogen-bond acceptors (Lipinski definition) is 5. The predicted octanol–water partition coefficient (Wildman–Crippen LogP) is 21.7. The third kappa shape index (κ3) is 58.7. The third-order valence-electron chi connectivity index (χ3n) is 14.2. The monoisotopic (exact) mass is 983 g/mol. The summed E-state index contributed by atoms with van der Waals surface area (Å²) in [6, 6.07) is 0. The van der Waals surface area contributed by atoms with Crippen molar-refractivity contribution in [2.45, 2.75) is 348 Å². The highest BCUT2D eigenvalue weighted by Crippen LogP contribution is 2.17. The van der Waals surface area contributed by atoms with Gasteiger partial charge in [0.15, 0.2) is 0 Å². The molecule has 0 aliphatic heterocycles. The number of esters is 2. The summed E-state index contributed by atoms with van der Waals surface area (Å²) in [7, 11) is 0. The lowest BCUT2D eigenvalue weighted by Crippen LogP contribution is -2.29. The second-order valence-electron chi connectivity index (χ2n) is 21.3. The molecule has 412 valence electrons. The number of allylic oxidation sites excluding steroid dienone is 6. The van der Waals surface area contributed by atoms with E-state index in [0.717, 1.165) is 70.6 Å². The van der Waals surface area contributed by atoms with Gasteiger partial charge in [-0.1, -0.05) is 308 Å². The quantitative estimate of drug-likeness (QED) is 0.0345. The van der Waals surface area contributed by atoms with Gasteiger partial charge in [0.25, 0.3) is 0 Å². The highest BCUT2D eigenvalue weighted by atomic mass is 16.6. The SMILES string of the molecule is CCCCC/C=C\C/C=C\C/C=C\CCCCCCC(=O)OC[C@H](COC(=O)CCCCCCCCCCCCCCCCCCCCCCC)OCCCCCCCCCCCCCCCCCC. The van der Waals surface area contributed by atoms with Crippen molar-refractivity contribution in [2.75, 3.05) is 19.8 Å². The molecule has 0 N–H and O–H groups in total. The van der Waals surface area contributed by atoms with Gasteiger partial charge in [-0.2, -0.15) is 0 Å². The highest BCUT2D eigenvalue weighted by molar-refractivity contribution is 5.69. The summed E-state index contributed by atoms with van der Waals surface area (Å²) in [5.41, 5.74) is 0. The molecule has 0 amide bonds. The normalized spacial score (nSPS) is 12.3. The van der Waals surface area contributed by atoms with Crippen LogP contribution in [0.4, 0.5) is 0 Å². The molecule has 0 rings (SSSR count). The molecule has 70 heavy (non-hydrogen) atoms. The molecule has 1 atom stereocenters. The van der Waals surface area contributed by atoms with Gasteiger partial charge in [0, 0.05) is 19.4 Å². The van der Waals surface area contributed by atoms with E-state index in [1.165, 1.54) is 238 Å². The van der Waals surface area contributed by atoms with E-state index in [4.69, 9.17) is 14.2 Å². The molecule has 0 spiro atoms. The first-order valence-electron chi connectivity index (χ1n) is 31.5. The Morgan fingerprint density at radius 3 is 0.871 bits per heavy atom. The van der Waals surface area contributed by atoms with Gasteiger partial charge in [0.05, 0.1) is 0 Å². The molecule has 0 bridgehead atoms. The number of ether oxygens (including phenoxy) is 3. The Morgan fingerprint density at radius 1 is 0.300 bits per heavy atom. The van der Waals surface area contributed by atoms with E-state index < -0.39 is 6.10 Å². The van der Waals surface area contributed by atoms with Gasteiger partial charge in [-0.3, -0.25) is 9.59 Å². The van der Waals surface area contributed by atoms with Gasteiger partial charge in [0.2, 0.25) is 0 Å². The van der Waals surface area contributed by atoms with Crippen LogP contribution in [0.15, 0.2) is 36.5 Å². The van der Waals surface area contributed by atoms with Crippen molar-refractivity contribution in [3.8, 4) is 0 Å². The Morgan fingerprint density at radius 2 is 0.543 bits per heavy atom. The van der Waals surface area contributed by atoms with Crippen molar-refractivity contribution in [1.82, 2.24) is 0 Å². The molecule has 5 nitrogen and oxygen atoms in total. The Hall–Kier alpha value is -1.88. The maximum Gasteiger partial charge on any atom is 0.305 e. The van der Waals surface area contributed by atoms with Crippen molar-refractivity contribution in [1.29, 1.82) is 0 Å². The van der Waals surface area contributed by atoms with Crippen LogP contribution in [0.2, 0.25) is 0 Å². The van der Waals surface area contributed by atoms with Crippen LogP contribution in [0.3, 0.4) is 0 Å². The van der Waals surface area contributed by atoms with E-state index in [0.29, 0.717) is 19.4 Å². The molecule has 0 saturated heterocycles. The Kier molecular flexibility index (Phi) is 59.8. The van der Waals surface area contributed by atoms with Gasteiger partial charge in [-0.25, -0.2) is 0 Å². The summed E-state index contributed by atoms with van der Waals surface area (Å²) in [6.07, 6.45) is 76.3. The van der Waals surface area contributed by atoms with Crippen molar-refractivity contribution in [3.05, 3.63) is 36.5 Å². The molecular formula is C65H122O5. The van der Waals surface area contributed by atoms with Crippen LogP contribution in [-0.4, -0.2) is 37.9 Å². The van der Waals surface area contributed by atoms with E-state index in [1.807, 2.05) is 0 Å². The molecule has 0 aromatic carbocycles. The van der Waals surface area contributed by atoms with Crippen LogP contribution in [0.1, 0.15) is 342 Å². The van der Waals surface area contributed by atoms with E-state index in [1.54, 1.807) is 0 Å². The summed E-state index contributed by atoms with van der Waals surface area (Å²) in [6.45, 7) is 7.75. The second-order valence-corrected chi connectivity index (χ2v) is 21.3. The standard InChI is InChI=1S/C65H122O5/c1-4-7-10-13-16-19-22-25-28-31-32-33-34-36-38-41-44-47-50-53-56-59-65(67)70-62-63(68-60-57-54-51-48-45-42-39-30-27-24-21-18-15-12-9-6-3)61-69-64(66)58-55-52-49-46-43-40-37-35-29-26-23-20-17-14-11-8-5-2/h17,20,26,29,37,40,63H,4-16,18-19,21-25,27-28,30-36,38-39,41-62H2,1-3H3/b20-17-,29-26-,40-37-/t63-/m1/s1. The van der Waals surface area contributed by atoms with Crippen molar-refractivity contribution < 1.29 is 23.8 Å². The summed E-state index contributed by atoms with van der Waals surface area (Å²) in [5.74, 6) is -0.336. The van der Waals surface area contributed by atoms with E-state index in [2.05, 4.69) is 57.2 Å². The topological polar surface area (TPSA) is 61.8 Å². The van der Waals surface area contributed by atoms with Crippen molar-refractivity contribution in [2.24, 2.45) is 0 Å². The first-order chi connectivity index (χ1) is 34.6. The maximum atomic E-state index is 12.7. The van der Waals surface area contributed by atoms with Crippen molar-refractivity contribution >= 4 is 11.9 Å². The fourth-order valence-electron chi connectivity index (χ4n) is 9.44. The first kappa shape index (κ1) is 68.1. The molecule has 0 unspecified atom stereocenters. The molecular weight excluding hydrogens is 861 g/mol. The zero-order valence-corrected chi connectivity index (χ0v) is 47.6. The molecule has 0 saturated carbocycles. The lowest BCUT2D eigenvalue weighted by Gasteiger charge is -2.18. The van der Waals surface area contributed by atoms with Crippen LogP contribution in [-0.2, 0) is 23.8 Å². The Labute approximate surface area is 438 Å². The van der Waals surface area contributed by atoms with Gasteiger partial charge in [-0.15, -0.1) is 0 Å².